The minimum absolute atomic E-state index is 0.0953. The molecule has 134 valence electrons. The lowest BCUT2D eigenvalue weighted by atomic mass is 10.0. The summed E-state index contributed by atoms with van der Waals surface area (Å²) in [5.41, 5.74) is 0.392. The van der Waals surface area contributed by atoms with E-state index in [1.165, 1.54) is 12.1 Å². The van der Waals surface area contributed by atoms with Crippen molar-refractivity contribution in [1.29, 1.82) is 5.26 Å². The van der Waals surface area contributed by atoms with Crippen molar-refractivity contribution >= 4 is 11.6 Å². The third-order valence-electron chi connectivity index (χ3n) is 3.75. The van der Waals surface area contributed by atoms with Crippen molar-refractivity contribution in [3.63, 3.8) is 0 Å². The van der Waals surface area contributed by atoms with Gasteiger partial charge in [0.2, 0.25) is 6.79 Å². The number of alkyl halides is 3. The van der Waals surface area contributed by atoms with Gasteiger partial charge in [0.1, 0.15) is 5.75 Å². The SMILES string of the molecule is CCOc1cc2c(cc1/C=C(\C#N)c1ccc(C(F)(F)F)cc1)OCO2. The van der Waals surface area contributed by atoms with E-state index in [1.807, 2.05) is 13.0 Å². The van der Waals surface area contributed by atoms with Gasteiger partial charge in [-0.1, -0.05) is 12.1 Å². The summed E-state index contributed by atoms with van der Waals surface area (Å²) < 4.78 is 54.3. The second-order valence-electron chi connectivity index (χ2n) is 5.42. The Morgan fingerprint density at radius 3 is 2.42 bits per heavy atom. The molecule has 2 aromatic rings. The van der Waals surface area contributed by atoms with Crippen molar-refractivity contribution in [1.82, 2.24) is 0 Å². The normalized spacial score (nSPS) is 13.4. The molecule has 2 aromatic carbocycles. The lowest BCUT2D eigenvalue weighted by molar-refractivity contribution is -0.137. The van der Waals surface area contributed by atoms with Crippen LogP contribution in [0.5, 0.6) is 17.2 Å². The molecule has 0 fully saturated rings. The maximum atomic E-state index is 12.7. The van der Waals surface area contributed by atoms with Gasteiger partial charge in [0.05, 0.1) is 23.8 Å². The summed E-state index contributed by atoms with van der Waals surface area (Å²) in [5.74, 6) is 1.56. The van der Waals surface area contributed by atoms with Gasteiger partial charge in [-0.05, 0) is 36.8 Å². The van der Waals surface area contributed by atoms with Gasteiger partial charge in [0, 0.05) is 11.6 Å². The van der Waals surface area contributed by atoms with Crippen LogP contribution < -0.4 is 14.2 Å². The van der Waals surface area contributed by atoms with Crippen LogP contribution in [0.4, 0.5) is 13.2 Å². The van der Waals surface area contributed by atoms with Crippen LogP contribution in [-0.4, -0.2) is 13.4 Å². The fraction of sp³-hybridized carbons (Fsp3) is 0.211. The molecule has 26 heavy (non-hydrogen) atoms. The molecular weight excluding hydrogens is 347 g/mol. The molecule has 0 atom stereocenters. The summed E-state index contributed by atoms with van der Waals surface area (Å²) in [5, 5.41) is 9.45. The van der Waals surface area contributed by atoms with Gasteiger partial charge in [-0.25, -0.2) is 0 Å². The third kappa shape index (κ3) is 3.59. The minimum Gasteiger partial charge on any atom is -0.493 e. The summed E-state index contributed by atoms with van der Waals surface area (Å²) in [6.45, 7) is 2.32. The first kappa shape index (κ1) is 17.7. The molecule has 0 saturated carbocycles. The van der Waals surface area contributed by atoms with Crippen LogP contribution in [0.15, 0.2) is 36.4 Å². The van der Waals surface area contributed by atoms with Crippen LogP contribution in [0.1, 0.15) is 23.6 Å². The van der Waals surface area contributed by atoms with Gasteiger partial charge in [-0.3, -0.25) is 0 Å². The topological polar surface area (TPSA) is 51.5 Å². The fourth-order valence-corrected chi connectivity index (χ4v) is 2.51. The maximum Gasteiger partial charge on any atom is 0.416 e. The molecule has 7 heteroatoms. The Balaban J connectivity index is 2.00. The molecule has 0 N–H and O–H groups in total. The highest BCUT2D eigenvalue weighted by molar-refractivity contribution is 5.91. The standard InChI is InChI=1S/C19H14F3NO3/c1-2-24-16-9-18-17(25-11-26-18)8-13(16)7-14(10-23)12-3-5-15(6-4-12)19(20,21)22/h3-9H,2,11H2,1H3/b14-7+. The first-order valence-electron chi connectivity index (χ1n) is 7.78. The Bertz CT molecular complexity index is 881. The minimum atomic E-state index is -4.42. The Morgan fingerprint density at radius 1 is 1.19 bits per heavy atom. The zero-order valence-electron chi connectivity index (χ0n) is 13.8. The van der Waals surface area contributed by atoms with Crippen LogP contribution in [-0.2, 0) is 6.18 Å². The van der Waals surface area contributed by atoms with Gasteiger partial charge in [0.15, 0.2) is 11.5 Å². The number of hydrogen-bond donors (Lipinski definition) is 0. The Kier molecular flexibility index (Phi) is 4.76. The molecule has 1 aliphatic rings. The van der Waals surface area contributed by atoms with Crippen LogP contribution in [0.2, 0.25) is 0 Å². The van der Waals surface area contributed by atoms with Gasteiger partial charge >= 0.3 is 6.18 Å². The summed E-state index contributed by atoms with van der Waals surface area (Å²) >= 11 is 0. The number of fused-ring (bicyclic) bond motifs is 1. The molecule has 0 bridgehead atoms. The van der Waals surface area contributed by atoms with Crippen molar-refractivity contribution in [2.45, 2.75) is 13.1 Å². The van der Waals surface area contributed by atoms with E-state index in [0.29, 0.717) is 35.0 Å². The summed E-state index contributed by atoms with van der Waals surface area (Å²) in [6, 6.07) is 9.79. The molecule has 0 amide bonds. The van der Waals surface area contributed by atoms with Crippen LogP contribution in [0.3, 0.4) is 0 Å². The lowest BCUT2D eigenvalue weighted by Crippen LogP contribution is -2.04. The average Bonchev–Trinajstić information content (AvgIpc) is 3.06. The Labute approximate surface area is 148 Å². The van der Waals surface area contributed by atoms with E-state index in [-0.39, 0.29) is 12.4 Å². The smallest absolute Gasteiger partial charge is 0.416 e. The summed E-state index contributed by atoms with van der Waals surface area (Å²) in [4.78, 5) is 0. The first-order chi connectivity index (χ1) is 12.4. The summed E-state index contributed by atoms with van der Waals surface area (Å²) in [7, 11) is 0. The van der Waals surface area contributed by atoms with Crippen molar-refractivity contribution in [2.75, 3.05) is 13.4 Å². The van der Waals surface area contributed by atoms with Gasteiger partial charge in [-0.15, -0.1) is 0 Å². The Hall–Kier alpha value is -3.14. The molecule has 0 aromatic heterocycles. The fourth-order valence-electron chi connectivity index (χ4n) is 2.51. The van der Waals surface area contributed by atoms with Crippen LogP contribution >= 0.6 is 0 Å². The number of rotatable bonds is 4. The quantitative estimate of drug-likeness (QED) is 0.574. The van der Waals surface area contributed by atoms with E-state index < -0.39 is 11.7 Å². The Morgan fingerprint density at radius 2 is 1.85 bits per heavy atom. The number of ether oxygens (including phenoxy) is 3. The van der Waals surface area contributed by atoms with Gasteiger partial charge in [-0.2, -0.15) is 18.4 Å². The molecular formula is C19H14F3NO3. The molecule has 0 radical (unpaired) electrons. The van der Waals surface area contributed by atoms with Gasteiger partial charge < -0.3 is 14.2 Å². The molecule has 1 heterocycles. The lowest BCUT2D eigenvalue weighted by Gasteiger charge is -2.10. The average molecular weight is 361 g/mol. The molecule has 1 aliphatic heterocycles. The molecule has 0 aliphatic carbocycles. The highest BCUT2D eigenvalue weighted by atomic mass is 19.4. The number of allylic oxidation sites excluding steroid dienone is 1. The second-order valence-corrected chi connectivity index (χ2v) is 5.42. The molecule has 3 rings (SSSR count). The van der Waals surface area contributed by atoms with E-state index in [9.17, 15) is 18.4 Å². The number of halogens is 3. The maximum absolute atomic E-state index is 12.7. The molecule has 0 unspecified atom stereocenters. The predicted octanol–water partition coefficient (Wildman–Crippen LogP) is 4.90. The summed E-state index contributed by atoms with van der Waals surface area (Å²) in [6.07, 6.45) is -2.87. The zero-order chi connectivity index (χ0) is 18.7. The molecule has 0 spiro atoms. The van der Waals surface area contributed by atoms with Crippen molar-refractivity contribution in [2.24, 2.45) is 0 Å². The number of benzene rings is 2. The number of nitrogens with zero attached hydrogens (tertiary/aromatic N) is 1. The van der Waals surface area contributed by atoms with Crippen LogP contribution in [0.25, 0.3) is 11.6 Å². The predicted molar refractivity (Wildman–Crippen MR) is 88.7 cm³/mol. The van der Waals surface area contributed by atoms with Crippen molar-refractivity contribution < 1.29 is 27.4 Å². The highest BCUT2D eigenvalue weighted by Crippen LogP contribution is 2.39. The van der Waals surface area contributed by atoms with E-state index in [4.69, 9.17) is 14.2 Å². The molecule has 0 saturated heterocycles. The van der Waals surface area contributed by atoms with Crippen molar-refractivity contribution in [3.8, 4) is 23.3 Å². The van der Waals surface area contributed by atoms with E-state index in [2.05, 4.69) is 0 Å². The molecule has 4 nitrogen and oxygen atoms in total. The number of hydrogen-bond acceptors (Lipinski definition) is 4. The highest BCUT2D eigenvalue weighted by Gasteiger charge is 2.30. The van der Waals surface area contributed by atoms with E-state index >= 15 is 0 Å². The number of nitriles is 1. The largest absolute Gasteiger partial charge is 0.493 e. The second kappa shape index (κ2) is 7.00. The first-order valence-corrected chi connectivity index (χ1v) is 7.78. The third-order valence-corrected chi connectivity index (χ3v) is 3.75. The van der Waals surface area contributed by atoms with Crippen LogP contribution in [0, 0.1) is 11.3 Å². The zero-order valence-corrected chi connectivity index (χ0v) is 13.8. The monoisotopic (exact) mass is 361 g/mol. The van der Waals surface area contributed by atoms with E-state index in [0.717, 1.165) is 12.1 Å². The van der Waals surface area contributed by atoms with Gasteiger partial charge in [0.25, 0.3) is 0 Å². The van der Waals surface area contributed by atoms with E-state index in [1.54, 1.807) is 18.2 Å². The van der Waals surface area contributed by atoms with Crippen molar-refractivity contribution in [3.05, 3.63) is 53.1 Å².